The predicted molar refractivity (Wildman–Crippen MR) is 83.5 cm³/mol. The molecule has 0 saturated carbocycles. The Morgan fingerprint density at radius 1 is 1.11 bits per heavy atom. The van der Waals surface area contributed by atoms with Gasteiger partial charge in [-0.15, -0.1) is 0 Å². The van der Waals surface area contributed by atoms with E-state index in [4.69, 9.17) is 23.2 Å². The van der Waals surface area contributed by atoms with Gasteiger partial charge >= 0.3 is 0 Å². The summed E-state index contributed by atoms with van der Waals surface area (Å²) in [6, 6.07) is 5.84. The van der Waals surface area contributed by atoms with E-state index in [1.165, 1.54) is 13.0 Å². The Morgan fingerprint density at radius 3 is 2.50 bits per heavy atom. The Bertz CT molecular complexity index is 393. The average molecular weight is 352 g/mol. The van der Waals surface area contributed by atoms with Crippen LogP contribution >= 0.6 is 39.1 Å². The minimum atomic E-state index is 0.635. The summed E-state index contributed by atoms with van der Waals surface area (Å²) >= 11 is 15.8. The van der Waals surface area contributed by atoms with Crippen LogP contribution in [0.1, 0.15) is 6.42 Å². The van der Waals surface area contributed by atoms with E-state index in [1.54, 1.807) is 0 Å². The highest BCUT2D eigenvalue weighted by Crippen LogP contribution is 2.32. The van der Waals surface area contributed by atoms with E-state index in [0.717, 1.165) is 37.2 Å². The molecule has 0 amide bonds. The fourth-order valence-corrected chi connectivity index (χ4v) is 2.90. The molecule has 0 spiro atoms. The first kappa shape index (κ1) is 14.4. The van der Waals surface area contributed by atoms with E-state index in [2.05, 4.69) is 25.7 Å². The van der Waals surface area contributed by atoms with Crippen LogP contribution in [0, 0.1) is 0 Å². The molecule has 1 fully saturated rings. The molecule has 0 aliphatic carbocycles. The second kappa shape index (κ2) is 6.99. The molecule has 0 N–H and O–H groups in total. The van der Waals surface area contributed by atoms with Gasteiger partial charge in [0.15, 0.2) is 0 Å². The smallest absolute Gasteiger partial charge is 0.0825 e. The van der Waals surface area contributed by atoms with Crippen LogP contribution < -0.4 is 4.90 Å². The molecule has 0 bridgehead atoms. The lowest BCUT2D eigenvalue weighted by Gasteiger charge is -2.36. The zero-order valence-electron chi connectivity index (χ0n) is 10.2. The second-order valence-corrected chi connectivity index (χ2v) is 6.02. The molecule has 1 aromatic carbocycles. The molecule has 0 radical (unpaired) electrons. The fraction of sp³-hybridized carbons (Fsp3) is 0.538. The van der Waals surface area contributed by atoms with Crippen molar-refractivity contribution >= 4 is 44.8 Å². The van der Waals surface area contributed by atoms with Crippen LogP contribution in [0.4, 0.5) is 5.69 Å². The molecule has 1 aliphatic rings. The van der Waals surface area contributed by atoms with Gasteiger partial charge in [0.1, 0.15) is 0 Å². The van der Waals surface area contributed by atoms with Gasteiger partial charge in [0, 0.05) is 31.5 Å². The van der Waals surface area contributed by atoms with Crippen LogP contribution in [0.3, 0.4) is 0 Å². The number of rotatable bonds is 4. The third-order valence-corrected chi connectivity index (χ3v) is 4.62. The first-order valence-electron chi connectivity index (χ1n) is 6.19. The molecular formula is C13H17BrCl2N2. The average Bonchev–Trinajstić information content (AvgIpc) is 2.40. The molecule has 1 aromatic rings. The van der Waals surface area contributed by atoms with Crippen molar-refractivity contribution in [3.8, 4) is 0 Å². The van der Waals surface area contributed by atoms with Crippen LogP contribution in [-0.4, -0.2) is 43.0 Å². The van der Waals surface area contributed by atoms with Gasteiger partial charge in [-0.3, -0.25) is 4.90 Å². The summed E-state index contributed by atoms with van der Waals surface area (Å²) in [5.74, 6) is 0. The van der Waals surface area contributed by atoms with Crippen molar-refractivity contribution in [1.29, 1.82) is 0 Å². The van der Waals surface area contributed by atoms with E-state index in [1.807, 2.05) is 18.2 Å². The quantitative estimate of drug-likeness (QED) is 0.759. The Kier molecular flexibility index (Phi) is 5.61. The number of piperazine rings is 1. The lowest BCUT2D eigenvalue weighted by Crippen LogP contribution is -2.46. The number of alkyl halides is 1. The van der Waals surface area contributed by atoms with Crippen molar-refractivity contribution in [2.24, 2.45) is 0 Å². The van der Waals surface area contributed by atoms with Gasteiger partial charge in [0.05, 0.1) is 15.7 Å². The third-order valence-electron chi connectivity index (χ3n) is 3.25. The molecule has 1 saturated heterocycles. The maximum Gasteiger partial charge on any atom is 0.0825 e. The maximum atomic E-state index is 6.25. The number of benzene rings is 1. The number of nitrogens with zero attached hydrogens (tertiary/aromatic N) is 2. The second-order valence-electron chi connectivity index (χ2n) is 4.44. The highest BCUT2D eigenvalue weighted by Gasteiger charge is 2.19. The van der Waals surface area contributed by atoms with Crippen LogP contribution in [0.15, 0.2) is 18.2 Å². The zero-order chi connectivity index (χ0) is 13.0. The summed E-state index contributed by atoms with van der Waals surface area (Å²) in [5.41, 5.74) is 1.06. The van der Waals surface area contributed by atoms with Crippen molar-refractivity contribution < 1.29 is 0 Å². The minimum absolute atomic E-state index is 0.635. The number of anilines is 1. The molecule has 5 heteroatoms. The largest absolute Gasteiger partial charge is 0.368 e. The summed E-state index contributed by atoms with van der Waals surface area (Å²) in [5, 5.41) is 2.39. The molecule has 100 valence electrons. The van der Waals surface area contributed by atoms with Gasteiger partial charge < -0.3 is 4.90 Å². The number of halogens is 3. The third kappa shape index (κ3) is 3.53. The summed E-state index contributed by atoms with van der Waals surface area (Å²) in [4.78, 5) is 4.81. The van der Waals surface area contributed by atoms with Crippen LogP contribution in [0.25, 0.3) is 0 Å². The van der Waals surface area contributed by atoms with Gasteiger partial charge in [0.25, 0.3) is 0 Å². The standard InChI is InChI=1S/C13H17BrCl2N2/c14-5-2-6-17-7-9-18(10-8-17)12-4-1-3-11(15)13(12)16/h1,3-4H,2,5-10H2. The molecule has 1 heterocycles. The summed E-state index contributed by atoms with van der Waals surface area (Å²) in [6.45, 7) is 5.39. The lowest BCUT2D eigenvalue weighted by atomic mass is 10.2. The van der Waals surface area contributed by atoms with Gasteiger partial charge in [-0.1, -0.05) is 45.2 Å². The molecule has 0 unspecified atom stereocenters. The molecule has 0 aromatic heterocycles. The van der Waals surface area contributed by atoms with Crippen molar-refractivity contribution in [2.45, 2.75) is 6.42 Å². The zero-order valence-corrected chi connectivity index (χ0v) is 13.3. The van der Waals surface area contributed by atoms with Crippen molar-refractivity contribution in [2.75, 3.05) is 43.0 Å². The Balaban J connectivity index is 1.95. The molecule has 2 rings (SSSR count). The summed E-state index contributed by atoms with van der Waals surface area (Å²) < 4.78 is 0. The minimum Gasteiger partial charge on any atom is -0.368 e. The topological polar surface area (TPSA) is 6.48 Å². The first-order chi connectivity index (χ1) is 8.72. The Morgan fingerprint density at radius 2 is 1.83 bits per heavy atom. The van der Waals surface area contributed by atoms with Crippen LogP contribution in [0.2, 0.25) is 10.0 Å². The molecule has 1 aliphatic heterocycles. The summed E-state index contributed by atoms with van der Waals surface area (Å²) in [6.07, 6.45) is 1.21. The molecule has 2 nitrogen and oxygen atoms in total. The van der Waals surface area contributed by atoms with Crippen molar-refractivity contribution in [3.63, 3.8) is 0 Å². The number of hydrogen-bond donors (Lipinski definition) is 0. The summed E-state index contributed by atoms with van der Waals surface area (Å²) in [7, 11) is 0. The highest BCUT2D eigenvalue weighted by molar-refractivity contribution is 9.09. The molecule has 0 atom stereocenters. The first-order valence-corrected chi connectivity index (χ1v) is 8.07. The molecular weight excluding hydrogens is 335 g/mol. The number of hydrogen-bond acceptors (Lipinski definition) is 2. The van der Waals surface area contributed by atoms with Gasteiger partial charge in [-0.25, -0.2) is 0 Å². The predicted octanol–water partition coefficient (Wildman–Crippen LogP) is 3.90. The SMILES string of the molecule is Clc1cccc(N2CCN(CCCBr)CC2)c1Cl. The Labute approximate surface area is 127 Å². The van der Waals surface area contributed by atoms with Crippen LogP contribution in [-0.2, 0) is 0 Å². The lowest BCUT2D eigenvalue weighted by molar-refractivity contribution is 0.259. The van der Waals surface area contributed by atoms with E-state index in [0.29, 0.717) is 10.0 Å². The van der Waals surface area contributed by atoms with Crippen LogP contribution in [0.5, 0.6) is 0 Å². The maximum absolute atomic E-state index is 6.25. The Hall–Kier alpha value is 0.0400. The van der Waals surface area contributed by atoms with E-state index in [9.17, 15) is 0 Å². The monoisotopic (exact) mass is 350 g/mol. The van der Waals surface area contributed by atoms with E-state index >= 15 is 0 Å². The van der Waals surface area contributed by atoms with Gasteiger partial charge in [-0.05, 0) is 25.1 Å². The fourth-order valence-electron chi connectivity index (χ4n) is 2.23. The molecule has 18 heavy (non-hydrogen) atoms. The van der Waals surface area contributed by atoms with Crippen molar-refractivity contribution in [1.82, 2.24) is 4.90 Å². The normalized spacial score (nSPS) is 17.2. The van der Waals surface area contributed by atoms with Crippen molar-refractivity contribution in [3.05, 3.63) is 28.2 Å². The van der Waals surface area contributed by atoms with Gasteiger partial charge in [-0.2, -0.15) is 0 Å². The van der Waals surface area contributed by atoms with E-state index in [-0.39, 0.29) is 0 Å². The van der Waals surface area contributed by atoms with E-state index < -0.39 is 0 Å². The van der Waals surface area contributed by atoms with Gasteiger partial charge in [0.2, 0.25) is 0 Å². The highest BCUT2D eigenvalue weighted by atomic mass is 79.9.